The van der Waals surface area contributed by atoms with E-state index in [1.165, 1.54) is 7.11 Å². The first-order valence-corrected chi connectivity index (χ1v) is 11.7. The van der Waals surface area contributed by atoms with Gasteiger partial charge in [0.05, 0.1) is 19.1 Å². The topological polar surface area (TPSA) is 64.6 Å². The van der Waals surface area contributed by atoms with Gasteiger partial charge in [0.25, 0.3) is 0 Å². The molecular formula is C23H31NO4S. The van der Waals surface area contributed by atoms with Crippen LogP contribution in [0.1, 0.15) is 63.0 Å². The van der Waals surface area contributed by atoms with Crippen LogP contribution in [0.5, 0.6) is 11.5 Å². The number of unbranched alkanes of at least 4 members (excludes halogenated alkanes) is 1. The van der Waals surface area contributed by atoms with Gasteiger partial charge >= 0.3 is 0 Å². The number of fused-ring (bicyclic) bond motifs is 1. The molecule has 2 aromatic carbocycles. The van der Waals surface area contributed by atoms with Crippen molar-refractivity contribution in [1.82, 2.24) is 4.72 Å². The molecule has 2 aromatic rings. The van der Waals surface area contributed by atoms with E-state index in [0.29, 0.717) is 17.9 Å². The Hall–Kier alpha value is -2.05. The molecule has 3 rings (SSSR count). The summed E-state index contributed by atoms with van der Waals surface area (Å²) in [5.74, 6) is 0.897. The lowest BCUT2D eigenvalue weighted by molar-refractivity contribution is 0.300. The van der Waals surface area contributed by atoms with Crippen LogP contribution in [0.15, 0.2) is 47.4 Å². The van der Waals surface area contributed by atoms with Gasteiger partial charge in [0.1, 0.15) is 0 Å². The normalized spacial score (nSPS) is 23.1. The molecule has 29 heavy (non-hydrogen) atoms. The molecule has 1 aliphatic rings. The molecule has 1 heterocycles. The van der Waals surface area contributed by atoms with Crippen molar-refractivity contribution < 1.29 is 17.9 Å². The third kappa shape index (κ3) is 4.28. The monoisotopic (exact) mass is 417 g/mol. The van der Waals surface area contributed by atoms with E-state index in [9.17, 15) is 8.42 Å². The molecule has 0 spiro atoms. The van der Waals surface area contributed by atoms with E-state index < -0.39 is 15.6 Å². The van der Waals surface area contributed by atoms with Crippen molar-refractivity contribution in [3.63, 3.8) is 0 Å². The number of benzene rings is 2. The van der Waals surface area contributed by atoms with Gasteiger partial charge in [-0.3, -0.25) is 0 Å². The van der Waals surface area contributed by atoms with E-state index in [1.54, 1.807) is 13.2 Å². The van der Waals surface area contributed by atoms with E-state index in [4.69, 9.17) is 9.47 Å². The molecule has 0 amide bonds. The summed E-state index contributed by atoms with van der Waals surface area (Å²) in [5.41, 5.74) is 1.37. The van der Waals surface area contributed by atoms with Crippen LogP contribution in [0.4, 0.5) is 0 Å². The Morgan fingerprint density at radius 2 is 1.72 bits per heavy atom. The summed E-state index contributed by atoms with van der Waals surface area (Å²) < 4.78 is 40.9. The zero-order chi connectivity index (χ0) is 21.1. The van der Waals surface area contributed by atoms with E-state index >= 15 is 0 Å². The van der Waals surface area contributed by atoms with Gasteiger partial charge in [-0.25, -0.2) is 13.1 Å². The molecule has 0 aliphatic carbocycles. The molecule has 5 nitrogen and oxygen atoms in total. The first-order valence-electron chi connectivity index (χ1n) is 10.2. The van der Waals surface area contributed by atoms with Crippen molar-refractivity contribution in [2.75, 3.05) is 14.2 Å². The van der Waals surface area contributed by atoms with Gasteiger partial charge in [0.15, 0.2) is 11.5 Å². The van der Waals surface area contributed by atoms with Crippen molar-refractivity contribution in [2.24, 2.45) is 0 Å². The summed E-state index contributed by atoms with van der Waals surface area (Å²) in [6, 6.07) is 13.6. The number of ether oxygens (including phenoxy) is 2. The van der Waals surface area contributed by atoms with Gasteiger partial charge < -0.3 is 9.47 Å². The second kappa shape index (κ2) is 8.76. The molecule has 0 radical (unpaired) electrons. The van der Waals surface area contributed by atoms with Crippen molar-refractivity contribution in [3.05, 3.63) is 53.6 Å². The van der Waals surface area contributed by atoms with Crippen LogP contribution in [-0.2, 0) is 10.0 Å². The van der Waals surface area contributed by atoms with E-state index in [1.807, 2.05) is 24.3 Å². The summed E-state index contributed by atoms with van der Waals surface area (Å²) in [6.07, 6.45) is 4.24. The third-order valence-electron chi connectivity index (χ3n) is 6.01. The largest absolute Gasteiger partial charge is 0.493 e. The number of nitrogens with one attached hydrogen (secondary N) is 1. The van der Waals surface area contributed by atoms with E-state index in [2.05, 4.69) is 30.7 Å². The Bertz CT molecular complexity index is 943. The molecule has 6 heteroatoms. The molecule has 0 aromatic heterocycles. The van der Waals surface area contributed by atoms with Crippen molar-refractivity contribution in [1.29, 1.82) is 0 Å². The molecule has 158 valence electrons. The summed E-state index contributed by atoms with van der Waals surface area (Å²) >= 11 is 0. The van der Waals surface area contributed by atoms with Gasteiger partial charge in [-0.15, -0.1) is 0 Å². The number of hydrogen-bond acceptors (Lipinski definition) is 4. The highest BCUT2D eigenvalue weighted by atomic mass is 32.2. The van der Waals surface area contributed by atoms with Crippen molar-refractivity contribution in [2.45, 2.75) is 62.3 Å². The minimum absolute atomic E-state index is 0.0624. The van der Waals surface area contributed by atoms with Crippen LogP contribution in [-0.4, -0.2) is 28.2 Å². The van der Waals surface area contributed by atoms with Crippen molar-refractivity contribution >= 4 is 10.0 Å². The lowest BCUT2D eigenvalue weighted by Crippen LogP contribution is -2.47. The Labute approximate surface area is 174 Å². The van der Waals surface area contributed by atoms with E-state index in [-0.39, 0.29) is 10.8 Å². The Morgan fingerprint density at radius 3 is 2.31 bits per heavy atom. The van der Waals surface area contributed by atoms with Gasteiger partial charge in [-0.1, -0.05) is 57.0 Å². The fraction of sp³-hybridized carbons (Fsp3) is 0.478. The summed E-state index contributed by atoms with van der Waals surface area (Å²) in [7, 11) is -0.619. The average Bonchev–Trinajstić information content (AvgIpc) is 2.84. The SMILES string of the molecule is CCCC[C@]1(CC)C[C@H](c2ccccc2)c2cc(OC)c(OC)cc2S(=O)(=O)N1. The molecule has 0 unspecified atom stereocenters. The molecule has 0 bridgehead atoms. The van der Waals surface area contributed by atoms with Crippen LogP contribution < -0.4 is 14.2 Å². The number of methoxy groups -OCH3 is 2. The first kappa shape index (κ1) is 21.7. The predicted octanol–water partition coefficient (Wildman–Crippen LogP) is 4.86. The Morgan fingerprint density at radius 1 is 1.07 bits per heavy atom. The maximum Gasteiger partial charge on any atom is 0.241 e. The molecule has 0 fully saturated rings. The first-order chi connectivity index (χ1) is 13.9. The highest BCUT2D eigenvalue weighted by Gasteiger charge is 2.42. The van der Waals surface area contributed by atoms with Crippen LogP contribution in [0.25, 0.3) is 0 Å². The molecule has 0 saturated carbocycles. The van der Waals surface area contributed by atoms with Gasteiger partial charge in [-0.05, 0) is 36.5 Å². The Kier molecular flexibility index (Phi) is 6.54. The second-order valence-corrected chi connectivity index (χ2v) is 9.41. The lowest BCUT2D eigenvalue weighted by atomic mass is 9.76. The van der Waals surface area contributed by atoms with Crippen LogP contribution in [0.3, 0.4) is 0 Å². The number of hydrogen-bond donors (Lipinski definition) is 1. The molecular weight excluding hydrogens is 386 g/mol. The minimum atomic E-state index is -3.71. The summed E-state index contributed by atoms with van der Waals surface area (Å²) in [6.45, 7) is 4.20. The predicted molar refractivity (Wildman–Crippen MR) is 115 cm³/mol. The summed E-state index contributed by atoms with van der Waals surface area (Å²) in [5, 5.41) is 0. The minimum Gasteiger partial charge on any atom is -0.493 e. The smallest absolute Gasteiger partial charge is 0.241 e. The number of sulfonamides is 1. The molecule has 1 aliphatic heterocycles. The summed E-state index contributed by atoms with van der Waals surface area (Å²) in [4.78, 5) is 0.274. The van der Waals surface area contributed by atoms with Crippen LogP contribution in [0, 0.1) is 0 Å². The third-order valence-corrected chi connectivity index (χ3v) is 7.65. The molecule has 1 N–H and O–H groups in total. The average molecular weight is 418 g/mol. The van der Waals surface area contributed by atoms with Gasteiger partial charge in [0.2, 0.25) is 10.0 Å². The van der Waals surface area contributed by atoms with E-state index in [0.717, 1.165) is 36.8 Å². The quantitative estimate of drug-likeness (QED) is 0.699. The highest BCUT2D eigenvalue weighted by molar-refractivity contribution is 7.89. The fourth-order valence-electron chi connectivity index (χ4n) is 4.31. The fourth-order valence-corrected chi connectivity index (χ4v) is 6.09. The maximum atomic E-state index is 13.5. The zero-order valence-corrected chi connectivity index (χ0v) is 18.5. The van der Waals surface area contributed by atoms with Gasteiger partial charge in [-0.2, -0.15) is 0 Å². The van der Waals surface area contributed by atoms with Crippen LogP contribution in [0.2, 0.25) is 0 Å². The molecule has 2 atom stereocenters. The van der Waals surface area contributed by atoms with Gasteiger partial charge in [0, 0.05) is 17.5 Å². The standard InChI is InChI=1S/C23H31NO4S/c1-5-7-13-23(6-2)16-19(17-11-9-8-10-12-17)18-14-20(27-3)21(28-4)15-22(18)29(25,26)24-23/h8-12,14-15,19,24H,5-7,13,16H2,1-4H3/t19-,23-/m1/s1. The lowest BCUT2D eigenvalue weighted by Gasteiger charge is -2.34. The number of rotatable bonds is 7. The highest BCUT2D eigenvalue weighted by Crippen LogP contribution is 2.45. The molecule has 0 saturated heterocycles. The van der Waals surface area contributed by atoms with Crippen molar-refractivity contribution in [3.8, 4) is 11.5 Å². The Balaban J connectivity index is 2.27. The van der Waals surface area contributed by atoms with Crippen LogP contribution >= 0.6 is 0 Å². The zero-order valence-electron chi connectivity index (χ0n) is 17.7. The maximum absolute atomic E-state index is 13.5. The second-order valence-electron chi connectivity index (χ2n) is 7.76.